The van der Waals surface area contributed by atoms with E-state index in [4.69, 9.17) is 9.40 Å². The molecule has 0 atom stereocenters. The second-order valence-electron chi connectivity index (χ2n) is 11.6. The van der Waals surface area contributed by atoms with E-state index in [1.165, 1.54) is 49.7 Å². The van der Waals surface area contributed by atoms with Crippen molar-refractivity contribution in [2.45, 2.75) is 0 Å². The summed E-state index contributed by atoms with van der Waals surface area (Å²) in [5, 5.41) is 2.52. The SMILES string of the molecule is c1ccc(-c2ccc3oc(-c4ccc(-c5ccc(-c6ccc7c(c6)c6ccccc6n7-c6ccccc6)cc5)cc4)nc3c2)cc1. The van der Waals surface area contributed by atoms with E-state index in [1.54, 1.807) is 0 Å². The Morgan fingerprint density at radius 2 is 0.913 bits per heavy atom. The monoisotopic (exact) mass is 588 g/mol. The fourth-order valence-corrected chi connectivity index (χ4v) is 6.53. The topological polar surface area (TPSA) is 31.0 Å². The van der Waals surface area contributed by atoms with E-state index in [0.29, 0.717) is 5.89 Å². The number of para-hydroxylation sites is 2. The molecule has 0 bridgehead atoms. The molecule has 0 N–H and O–H groups in total. The van der Waals surface area contributed by atoms with Crippen LogP contribution in [-0.4, -0.2) is 9.55 Å². The van der Waals surface area contributed by atoms with Crippen LogP contribution in [0.25, 0.3) is 83.4 Å². The van der Waals surface area contributed by atoms with Crippen molar-refractivity contribution in [3.63, 3.8) is 0 Å². The summed E-state index contributed by atoms with van der Waals surface area (Å²) in [6, 6.07) is 59.8. The predicted octanol–water partition coefficient (Wildman–Crippen LogP) is 11.6. The Bertz CT molecular complexity index is 2490. The molecule has 2 heterocycles. The molecule has 0 aliphatic heterocycles. The van der Waals surface area contributed by atoms with Gasteiger partial charge in [-0.05, 0) is 88.0 Å². The molecule has 3 heteroatoms. The summed E-state index contributed by atoms with van der Waals surface area (Å²) in [4.78, 5) is 4.81. The number of fused-ring (bicyclic) bond motifs is 4. The molecule has 0 aliphatic rings. The van der Waals surface area contributed by atoms with Crippen LogP contribution in [0, 0.1) is 0 Å². The lowest BCUT2D eigenvalue weighted by Crippen LogP contribution is -1.92. The number of nitrogens with zero attached hydrogens (tertiary/aromatic N) is 2. The number of benzene rings is 7. The Balaban J connectivity index is 1.00. The summed E-state index contributed by atoms with van der Waals surface area (Å²) < 4.78 is 8.48. The van der Waals surface area contributed by atoms with Crippen molar-refractivity contribution < 1.29 is 4.42 Å². The highest BCUT2D eigenvalue weighted by atomic mass is 16.3. The highest BCUT2D eigenvalue weighted by Crippen LogP contribution is 2.36. The average Bonchev–Trinajstić information content (AvgIpc) is 3.71. The number of aromatic nitrogens is 2. The van der Waals surface area contributed by atoms with Crippen LogP contribution in [0.5, 0.6) is 0 Å². The first kappa shape index (κ1) is 26.2. The zero-order valence-electron chi connectivity index (χ0n) is 25.0. The number of hydrogen-bond donors (Lipinski definition) is 0. The third kappa shape index (κ3) is 4.49. The van der Waals surface area contributed by atoms with Crippen molar-refractivity contribution in [1.29, 1.82) is 0 Å². The maximum absolute atomic E-state index is 6.13. The Morgan fingerprint density at radius 3 is 1.65 bits per heavy atom. The van der Waals surface area contributed by atoms with E-state index in [-0.39, 0.29) is 0 Å². The highest BCUT2D eigenvalue weighted by molar-refractivity contribution is 6.10. The van der Waals surface area contributed by atoms with Crippen LogP contribution in [0.15, 0.2) is 174 Å². The van der Waals surface area contributed by atoms with E-state index in [2.05, 4.69) is 162 Å². The van der Waals surface area contributed by atoms with Gasteiger partial charge in [0.2, 0.25) is 5.89 Å². The van der Waals surface area contributed by atoms with Crippen molar-refractivity contribution in [2.24, 2.45) is 0 Å². The normalized spacial score (nSPS) is 11.5. The molecule has 0 unspecified atom stereocenters. The van der Waals surface area contributed by atoms with E-state index < -0.39 is 0 Å². The van der Waals surface area contributed by atoms with Gasteiger partial charge in [-0.2, -0.15) is 0 Å². The van der Waals surface area contributed by atoms with Crippen LogP contribution in [-0.2, 0) is 0 Å². The quantitative estimate of drug-likeness (QED) is 0.200. The van der Waals surface area contributed by atoms with Gasteiger partial charge in [0, 0.05) is 22.0 Å². The molecule has 3 nitrogen and oxygen atoms in total. The van der Waals surface area contributed by atoms with E-state index >= 15 is 0 Å². The Labute approximate surface area is 266 Å². The molecule has 0 radical (unpaired) electrons. The van der Waals surface area contributed by atoms with Crippen molar-refractivity contribution in [2.75, 3.05) is 0 Å². The van der Waals surface area contributed by atoms with Crippen molar-refractivity contribution >= 4 is 32.9 Å². The van der Waals surface area contributed by atoms with Gasteiger partial charge in [-0.25, -0.2) is 4.98 Å². The van der Waals surface area contributed by atoms with Gasteiger partial charge >= 0.3 is 0 Å². The summed E-state index contributed by atoms with van der Waals surface area (Å²) in [6.45, 7) is 0. The molecule has 0 amide bonds. The maximum Gasteiger partial charge on any atom is 0.227 e. The smallest absolute Gasteiger partial charge is 0.227 e. The summed E-state index contributed by atoms with van der Waals surface area (Å²) in [5.41, 5.74) is 13.2. The molecule has 7 aromatic carbocycles. The molecule has 0 aliphatic carbocycles. The zero-order chi connectivity index (χ0) is 30.5. The van der Waals surface area contributed by atoms with E-state index in [0.717, 1.165) is 27.8 Å². The standard InChI is InChI=1S/C43H28N2O/c1-3-9-29(10-4-1)35-24-26-42-39(28-35)44-43(46-42)33-21-19-31(20-22-33)30-15-17-32(18-16-30)34-23-25-41-38(27-34)37-13-7-8-14-40(37)45(41)36-11-5-2-6-12-36/h1-28H. The minimum Gasteiger partial charge on any atom is -0.436 e. The van der Waals surface area contributed by atoms with Gasteiger partial charge in [-0.3, -0.25) is 0 Å². The number of hydrogen-bond acceptors (Lipinski definition) is 2. The van der Waals surface area contributed by atoms with Gasteiger partial charge in [-0.1, -0.05) is 115 Å². The zero-order valence-corrected chi connectivity index (χ0v) is 25.0. The fraction of sp³-hybridized carbons (Fsp3) is 0. The molecule has 2 aromatic heterocycles. The van der Waals surface area contributed by atoms with Gasteiger partial charge < -0.3 is 8.98 Å². The van der Waals surface area contributed by atoms with Gasteiger partial charge in [0.1, 0.15) is 5.52 Å². The first-order valence-electron chi connectivity index (χ1n) is 15.5. The first-order valence-corrected chi connectivity index (χ1v) is 15.5. The second kappa shape index (κ2) is 10.8. The van der Waals surface area contributed by atoms with E-state index in [9.17, 15) is 0 Å². The molecular weight excluding hydrogens is 560 g/mol. The third-order valence-corrected chi connectivity index (χ3v) is 8.87. The average molecular weight is 589 g/mol. The Morgan fingerprint density at radius 1 is 0.391 bits per heavy atom. The van der Waals surface area contributed by atoms with E-state index in [1.807, 2.05) is 12.1 Å². The molecule has 0 saturated carbocycles. The van der Waals surface area contributed by atoms with Crippen molar-refractivity contribution in [3.05, 3.63) is 170 Å². The molecule has 0 fully saturated rings. The maximum atomic E-state index is 6.13. The molecule has 9 aromatic rings. The summed E-state index contributed by atoms with van der Waals surface area (Å²) in [7, 11) is 0. The van der Waals surface area contributed by atoms with Crippen LogP contribution in [0.1, 0.15) is 0 Å². The van der Waals surface area contributed by atoms with Crippen LogP contribution >= 0.6 is 0 Å². The highest BCUT2D eigenvalue weighted by Gasteiger charge is 2.14. The first-order chi connectivity index (χ1) is 22.8. The van der Waals surface area contributed by atoms with Crippen LogP contribution in [0.3, 0.4) is 0 Å². The third-order valence-electron chi connectivity index (χ3n) is 8.87. The van der Waals surface area contributed by atoms with Crippen LogP contribution in [0.4, 0.5) is 0 Å². The Kier molecular flexibility index (Phi) is 6.14. The van der Waals surface area contributed by atoms with Crippen molar-refractivity contribution in [1.82, 2.24) is 9.55 Å². The van der Waals surface area contributed by atoms with Gasteiger partial charge in [0.05, 0.1) is 11.0 Å². The summed E-state index contributed by atoms with van der Waals surface area (Å²) in [6.07, 6.45) is 0. The Hall–Kier alpha value is -6.19. The minimum atomic E-state index is 0.631. The molecule has 46 heavy (non-hydrogen) atoms. The van der Waals surface area contributed by atoms with Crippen molar-refractivity contribution in [3.8, 4) is 50.5 Å². The van der Waals surface area contributed by atoms with Crippen LogP contribution in [0.2, 0.25) is 0 Å². The largest absolute Gasteiger partial charge is 0.436 e. The molecule has 216 valence electrons. The summed E-state index contributed by atoms with van der Waals surface area (Å²) >= 11 is 0. The lowest BCUT2D eigenvalue weighted by atomic mass is 9.98. The van der Waals surface area contributed by atoms with Gasteiger partial charge in [0.15, 0.2) is 5.58 Å². The number of rotatable bonds is 5. The van der Waals surface area contributed by atoms with Crippen LogP contribution < -0.4 is 0 Å². The molecule has 9 rings (SSSR count). The minimum absolute atomic E-state index is 0.631. The lowest BCUT2D eigenvalue weighted by Gasteiger charge is -2.08. The predicted molar refractivity (Wildman–Crippen MR) is 190 cm³/mol. The lowest BCUT2D eigenvalue weighted by molar-refractivity contribution is 0.620. The second-order valence-corrected chi connectivity index (χ2v) is 11.6. The summed E-state index contributed by atoms with van der Waals surface area (Å²) in [5.74, 6) is 0.631. The number of oxazole rings is 1. The van der Waals surface area contributed by atoms with Gasteiger partial charge in [-0.15, -0.1) is 0 Å². The van der Waals surface area contributed by atoms with Gasteiger partial charge in [0.25, 0.3) is 0 Å². The molecular formula is C43H28N2O. The molecule has 0 spiro atoms. The molecule has 0 saturated heterocycles. The fourth-order valence-electron chi connectivity index (χ4n) is 6.53.